The van der Waals surface area contributed by atoms with Crippen LogP contribution in [-0.4, -0.2) is 44.5 Å². The molecule has 1 spiro atoms. The fourth-order valence-electron chi connectivity index (χ4n) is 5.47. The predicted octanol–water partition coefficient (Wildman–Crippen LogP) is 4.37. The fourth-order valence-corrected chi connectivity index (χ4v) is 5.47. The van der Waals surface area contributed by atoms with Crippen molar-refractivity contribution in [1.82, 2.24) is 5.32 Å². The average Bonchev–Trinajstić information content (AvgIpc) is 3.56. The molecular weight excluding hydrogens is 501 g/mol. The Kier molecular flexibility index (Phi) is 5.70. The van der Waals surface area contributed by atoms with Gasteiger partial charge in [-0.05, 0) is 41.8 Å². The van der Waals surface area contributed by atoms with Gasteiger partial charge in [0.25, 0.3) is 5.91 Å². The Morgan fingerprint density at radius 3 is 2.66 bits per heavy atom. The number of ether oxygens (including phenoxy) is 3. The van der Waals surface area contributed by atoms with E-state index in [-0.39, 0.29) is 24.6 Å². The van der Waals surface area contributed by atoms with Crippen molar-refractivity contribution in [2.75, 3.05) is 31.2 Å². The van der Waals surface area contributed by atoms with Crippen molar-refractivity contribution in [2.45, 2.75) is 24.6 Å². The van der Waals surface area contributed by atoms with Crippen LogP contribution in [0.5, 0.6) is 17.2 Å². The first-order chi connectivity index (χ1) is 18.3. The number of rotatable bonds is 6. The number of benzene rings is 3. The summed E-state index contributed by atoms with van der Waals surface area (Å²) in [6.07, 6.45) is -3.75. The van der Waals surface area contributed by atoms with Crippen molar-refractivity contribution in [1.29, 1.82) is 0 Å². The van der Waals surface area contributed by atoms with Gasteiger partial charge in [0.1, 0.15) is 29.3 Å². The molecule has 0 saturated carbocycles. The number of fused-ring (bicyclic) bond motifs is 5. The molecule has 2 amide bonds. The highest BCUT2D eigenvalue weighted by Crippen LogP contribution is 2.53. The minimum Gasteiger partial charge on any atom is -0.493 e. The lowest BCUT2D eigenvalue weighted by Crippen LogP contribution is -2.43. The summed E-state index contributed by atoms with van der Waals surface area (Å²) in [6, 6.07) is 16.6. The number of hydrogen-bond acceptors (Lipinski definition) is 5. The van der Waals surface area contributed by atoms with Crippen molar-refractivity contribution < 1.29 is 37.0 Å². The van der Waals surface area contributed by atoms with Crippen LogP contribution in [0.15, 0.2) is 60.7 Å². The highest BCUT2D eigenvalue weighted by atomic mass is 19.4. The van der Waals surface area contributed by atoms with Gasteiger partial charge in [-0.1, -0.05) is 30.3 Å². The zero-order valence-corrected chi connectivity index (χ0v) is 20.1. The molecule has 0 fully saturated rings. The van der Waals surface area contributed by atoms with Crippen molar-refractivity contribution >= 4 is 17.5 Å². The van der Waals surface area contributed by atoms with Crippen molar-refractivity contribution in [3.8, 4) is 17.2 Å². The Morgan fingerprint density at radius 1 is 1.03 bits per heavy atom. The Hall–Kier alpha value is -4.21. The first-order valence-corrected chi connectivity index (χ1v) is 12.3. The van der Waals surface area contributed by atoms with E-state index in [1.54, 1.807) is 4.90 Å². The number of hydrogen-bond donors (Lipinski definition) is 1. The molecule has 1 unspecified atom stereocenters. The van der Waals surface area contributed by atoms with E-state index in [4.69, 9.17) is 9.47 Å². The summed E-state index contributed by atoms with van der Waals surface area (Å²) in [7, 11) is 0. The van der Waals surface area contributed by atoms with Crippen LogP contribution in [0.2, 0.25) is 0 Å². The average molecular weight is 524 g/mol. The number of nitrogens with one attached hydrogen (secondary N) is 1. The number of anilines is 1. The van der Waals surface area contributed by atoms with Gasteiger partial charge in [0, 0.05) is 36.8 Å². The molecule has 3 aliphatic heterocycles. The van der Waals surface area contributed by atoms with Crippen LogP contribution in [0.25, 0.3) is 0 Å². The van der Waals surface area contributed by atoms with Crippen LogP contribution >= 0.6 is 0 Å². The number of halogens is 3. The molecule has 0 bridgehead atoms. The predicted molar refractivity (Wildman–Crippen MR) is 131 cm³/mol. The van der Waals surface area contributed by atoms with E-state index in [0.717, 1.165) is 40.6 Å². The number of alkyl halides is 3. The number of carbonyl (C=O) groups is 2. The van der Waals surface area contributed by atoms with E-state index < -0.39 is 23.4 Å². The summed E-state index contributed by atoms with van der Waals surface area (Å²) in [5, 5.41) is 2.63. The quantitative estimate of drug-likeness (QED) is 0.485. The zero-order valence-electron chi connectivity index (χ0n) is 20.1. The molecule has 6 rings (SSSR count). The Balaban J connectivity index is 1.18. The van der Waals surface area contributed by atoms with E-state index in [0.29, 0.717) is 25.3 Å². The van der Waals surface area contributed by atoms with Crippen molar-refractivity contribution in [3.05, 3.63) is 82.9 Å². The molecule has 0 saturated heterocycles. The first-order valence-electron chi connectivity index (χ1n) is 12.3. The van der Waals surface area contributed by atoms with Crippen molar-refractivity contribution in [3.63, 3.8) is 0 Å². The molecule has 38 heavy (non-hydrogen) atoms. The van der Waals surface area contributed by atoms with Gasteiger partial charge in [-0.2, -0.15) is 0 Å². The standard InChI is InChI=1S/C28H23F3N2O5/c29-28(30,31)38-22-9-4-1-6-18(22)25(34)32-11-5-12-33-21-8-3-2-7-19(21)27(26(33)35)16-37-24-15-23-17(10-13-36-23)14-20(24)27/h1-4,6-9,14-15H,5,10-13,16H2,(H,32,34). The second-order valence-corrected chi connectivity index (χ2v) is 9.38. The molecule has 1 N–H and O–H groups in total. The summed E-state index contributed by atoms with van der Waals surface area (Å²) in [5.74, 6) is 0.0621. The number of para-hydroxylation sites is 2. The number of carbonyl (C=O) groups excluding carboxylic acids is 2. The third-order valence-electron chi connectivity index (χ3n) is 7.16. The molecule has 0 aliphatic carbocycles. The highest BCUT2D eigenvalue weighted by Gasteiger charge is 2.57. The van der Waals surface area contributed by atoms with Crippen LogP contribution in [0.3, 0.4) is 0 Å². The second kappa shape index (κ2) is 8.97. The van der Waals surface area contributed by atoms with Crippen LogP contribution in [0, 0.1) is 0 Å². The van der Waals surface area contributed by atoms with Crippen LogP contribution in [0.1, 0.15) is 33.5 Å². The summed E-state index contributed by atoms with van der Waals surface area (Å²) >= 11 is 0. The minimum atomic E-state index is -4.91. The molecule has 10 heteroatoms. The van der Waals surface area contributed by atoms with Gasteiger partial charge in [0.15, 0.2) is 0 Å². The van der Waals surface area contributed by atoms with E-state index >= 15 is 0 Å². The second-order valence-electron chi connectivity index (χ2n) is 9.38. The van der Waals surface area contributed by atoms with E-state index in [1.807, 2.05) is 36.4 Å². The lowest BCUT2D eigenvalue weighted by Gasteiger charge is -2.23. The molecule has 0 aromatic heterocycles. The largest absolute Gasteiger partial charge is 0.573 e. The number of amides is 2. The Bertz CT molecular complexity index is 1440. The van der Waals surface area contributed by atoms with Gasteiger partial charge in [-0.15, -0.1) is 13.2 Å². The summed E-state index contributed by atoms with van der Waals surface area (Å²) in [5.41, 5.74) is 2.35. The maximum absolute atomic E-state index is 14.0. The topological polar surface area (TPSA) is 77.1 Å². The number of nitrogens with zero attached hydrogens (tertiary/aromatic N) is 1. The smallest absolute Gasteiger partial charge is 0.493 e. The van der Waals surface area contributed by atoms with Crippen LogP contribution in [0.4, 0.5) is 18.9 Å². The monoisotopic (exact) mass is 524 g/mol. The summed E-state index contributed by atoms with van der Waals surface area (Å²) < 4.78 is 53.7. The normalized spacial score (nSPS) is 19.0. The van der Waals surface area contributed by atoms with Gasteiger partial charge in [0.2, 0.25) is 5.91 Å². The summed E-state index contributed by atoms with van der Waals surface area (Å²) in [6.45, 7) is 1.24. The molecule has 0 radical (unpaired) electrons. The van der Waals surface area contributed by atoms with E-state index in [2.05, 4.69) is 10.1 Å². The molecule has 3 aromatic rings. The van der Waals surface area contributed by atoms with Crippen molar-refractivity contribution in [2.24, 2.45) is 0 Å². The van der Waals surface area contributed by atoms with Gasteiger partial charge in [0.05, 0.1) is 12.2 Å². The van der Waals surface area contributed by atoms with E-state index in [1.165, 1.54) is 18.2 Å². The molecular formula is C28H23F3N2O5. The Labute approximate surface area is 216 Å². The maximum atomic E-state index is 14.0. The maximum Gasteiger partial charge on any atom is 0.573 e. The SMILES string of the molecule is O=C(NCCCN1C(=O)C2(COc3cc4c(cc32)CCO4)c2ccccc21)c1ccccc1OC(F)(F)F. The van der Waals surface area contributed by atoms with Gasteiger partial charge >= 0.3 is 6.36 Å². The Morgan fingerprint density at radius 2 is 1.82 bits per heavy atom. The van der Waals surface area contributed by atoms with Gasteiger partial charge in [-0.25, -0.2) is 0 Å². The molecule has 3 aliphatic rings. The highest BCUT2D eigenvalue weighted by molar-refractivity contribution is 6.11. The third kappa shape index (κ3) is 3.91. The molecule has 196 valence electrons. The minimum absolute atomic E-state index is 0.105. The fraction of sp³-hybridized carbons (Fsp3) is 0.286. The van der Waals surface area contributed by atoms with E-state index in [9.17, 15) is 22.8 Å². The van der Waals surface area contributed by atoms with Crippen LogP contribution < -0.4 is 24.4 Å². The van der Waals surface area contributed by atoms with Gasteiger partial charge in [-0.3, -0.25) is 9.59 Å². The lowest BCUT2D eigenvalue weighted by atomic mass is 9.76. The zero-order chi connectivity index (χ0) is 26.5. The first kappa shape index (κ1) is 24.1. The van der Waals surface area contributed by atoms with Gasteiger partial charge < -0.3 is 24.4 Å². The van der Waals surface area contributed by atoms with Crippen LogP contribution in [-0.2, 0) is 16.6 Å². The summed E-state index contributed by atoms with van der Waals surface area (Å²) in [4.78, 5) is 28.3. The third-order valence-corrected chi connectivity index (χ3v) is 7.16. The molecule has 1 atom stereocenters. The lowest BCUT2D eigenvalue weighted by molar-refractivity contribution is -0.274. The molecule has 7 nitrogen and oxygen atoms in total. The molecule has 3 aromatic carbocycles. The molecule has 3 heterocycles.